The van der Waals surface area contributed by atoms with E-state index in [2.05, 4.69) is 23.7 Å². The highest BCUT2D eigenvalue weighted by molar-refractivity contribution is 7.89. The summed E-state index contributed by atoms with van der Waals surface area (Å²) in [4.78, 5) is 0.0719. The molecule has 0 aromatic carbocycles. The molecule has 7 heteroatoms. The van der Waals surface area contributed by atoms with Crippen LogP contribution in [0.3, 0.4) is 0 Å². The van der Waals surface area contributed by atoms with Gasteiger partial charge in [-0.3, -0.25) is 4.68 Å². The van der Waals surface area contributed by atoms with Gasteiger partial charge in [-0.1, -0.05) is 26.7 Å². The lowest BCUT2D eigenvalue weighted by molar-refractivity contribution is 0.236. The number of sulfonamides is 1. The van der Waals surface area contributed by atoms with Gasteiger partial charge in [-0.25, -0.2) is 13.1 Å². The number of rotatable bonds is 6. The summed E-state index contributed by atoms with van der Waals surface area (Å²) in [6, 6.07) is 0. The SMILES string of the molecule is CC(C)CC1(CNS(=O)(=O)c2cn(C)nc2N)CCCC1. The highest BCUT2D eigenvalue weighted by Crippen LogP contribution is 2.42. The summed E-state index contributed by atoms with van der Waals surface area (Å²) >= 11 is 0. The van der Waals surface area contributed by atoms with E-state index in [1.54, 1.807) is 7.05 Å². The number of anilines is 1. The molecule has 1 aromatic heterocycles. The Labute approximate surface area is 127 Å². The van der Waals surface area contributed by atoms with E-state index in [0.717, 1.165) is 19.3 Å². The van der Waals surface area contributed by atoms with Crippen molar-refractivity contribution in [3.05, 3.63) is 6.20 Å². The highest BCUT2D eigenvalue weighted by atomic mass is 32.2. The molecule has 0 unspecified atom stereocenters. The van der Waals surface area contributed by atoms with Crippen molar-refractivity contribution >= 4 is 15.8 Å². The van der Waals surface area contributed by atoms with E-state index in [9.17, 15) is 8.42 Å². The van der Waals surface area contributed by atoms with Crippen molar-refractivity contribution in [2.24, 2.45) is 18.4 Å². The molecule has 1 fully saturated rings. The van der Waals surface area contributed by atoms with Gasteiger partial charge < -0.3 is 5.73 Å². The molecule has 1 heterocycles. The summed E-state index contributed by atoms with van der Waals surface area (Å²) in [6.07, 6.45) is 7.05. The highest BCUT2D eigenvalue weighted by Gasteiger charge is 2.36. The van der Waals surface area contributed by atoms with Crippen LogP contribution < -0.4 is 10.5 Å². The summed E-state index contributed by atoms with van der Waals surface area (Å²) in [6.45, 7) is 4.86. The Morgan fingerprint density at radius 2 is 2.05 bits per heavy atom. The van der Waals surface area contributed by atoms with E-state index in [1.165, 1.54) is 23.7 Å². The Bertz CT molecular complexity index is 586. The molecule has 0 amide bonds. The molecule has 0 aliphatic heterocycles. The van der Waals surface area contributed by atoms with Crippen LogP contribution in [0.1, 0.15) is 46.0 Å². The van der Waals surface area contributed by atoms with Crippen LogP contribution in [-0.4, -0.2) is 24.7 Å². The standard InChI is InChI=1S/C14H26N4O2S/c1-11(2)8-14(6-4-5-7-14)10-16-21(19,20)12-9-18(3)17-13(12)15/h9,11,16H,4-8,10H2,1-3H3,(H2,15,17). The zero-order chi connectivity index (χ0) is 15.7. The molecule has 1 aromatic rings. The Balaban J connectivity index is 2.11. The first kappa shape index (κ1) is 16.3. The molecule has 3 N–H and O–H groups in total. The molecule has 120 valence electrons. The van der Waals surface area contributed by atoms with Gasteiger partial charge in [0.05, 0.1) is 0 Å². The topological polar surface area (TPSA) is 90.0 Å². The maximum Gasteiger partial charge on any atom is 0.245 e. The molecule has 1 aliphatic carbocycles. The van der Waals surface area contributed by atoms with Gasteiger partial charge >= 0.3 is 0 Å². The van der Waals surface area contributed by atoms with E-state index < -0.39 is 10.0 Å². The van der Waals surface area contributed by atoms with Crippen LogP contribution in [0.5, 0.6) is 0 Å². The minimum absolute atomic E-state index is 0.0503. The van der Waals surface area contributed by atoms with Gasteiger partial charge in [-0.2, -0.15) is 5.10 Å². The zero-order valence-electron chi connectivity index (χ0n) is 13.1. The van der Waals surface area contributed by atoms with Crippen molar-refractivity contribution in [1.29, 1.82) is 0 Å². The molecule has 0 saturated heterocycles. The molecule has 0 radical (unpaired) electrons. The van der Waals surface area contributed by atoms with Crippen LogP contribution in [0, 0.1) is 11.3 Å². The Morgan fingerprint density at radius 1 is 1.43 bits per heavy atom. The quantitative estimate of drug-likeness (QED) is 0.839. The third kappa shape index (κ3) is 3.77. The first-order valence-electron chi connectivity index (χ1n) is 7.53. The van der Waals surface area contributed by atoms with Gasteiger partial charge in [0.2, 0.25) is 10.0 Å². The van der Waals surface area contributed by atoms with Crippen molar-refractivity contribution in [3.63, 3.8) is 0 Å². The second-order valence-corrected chi connectivity index (χ2v) is 8.42. The fourth-order valence-corrected chi connectivity index (χ4v) is 4.72. The molecule has 1 saturated carbocycles. The number of nitrogen functional groups attached to an aromatic ring is 1. The zero-order valence-corrected chi connectivity index (χ0v) is 13.9. The number of hydrogen-bond donors (Lipinski definition) is 2. The number of nitrogens with two attached hydrogens (primary N) is 1. The molecule has 0 spiro atoms. The molecule has 2 rings (SSSR count). The van der Waals surface area contributed by atoms with Gasteiger partial charge in [-0.15, -0.1) is 0 Å². The van der Waals surface area contributed by atoms with E-state index in [1.807, 2.05) is 0 Å². The number of hydrogen-bond acceptors (Lipinski definition) is 4. The average Bonchev–Trinajstić information content (AvgIpc) is 2.94. The van der Waals surface area contributed by atoms with Crippen LogP contribution in [0.25, 0.3) is 0 Å². The normalized spacial score (nSPS) is 18.5. The average molecular weight is 314 g/mol. The molecular formula is C14H26N4O2S. The van der Waals surface area contributed by atoms with Crippen LogP contribution in [-0.2, 0) is 17.1 Å². The van der Waals surface area contributed by atoms with Crippen LogP contribution >= 0.6 is 0 Å². The van der Waals surface area contributed by atoms with Gasteiger partial charge in [-0.05, 0) is 30.6 Å². The number of aryl methyl sites for hydroxylation is 1. The van der Waals surface area contributed by atoms with Crippen molar-refractivity contribution in [2.75, 3.05) is 12.3 Å². The largest absolute Gasteiger partial charge is 0.381 e. The lowest BCUT2D eigenvalue weighted by Gasteiger charge is -2.31. The molecule has 0 bridgehead atoms. The van der Waals surface area contributed by atoms with Crippen molar-refractivity contribution in [1.82, 2.24) is 14.5 Å². The molecular weight excluding hydrogens is 288 g/mol. The number of nitrogens with zero attached hydrogens (tertiary/aromatic N) is 2. The minimum atomic E-state index is -3.59. The third-order valence-electron chi connectivity index (χ3n) is 4.25. The van der Waals surface area contributed by atoms with E-state index in [0.29, 0.717) is 12.5 Å². The fourth-order valence-electron chi connectivity index (χ4n) is 3.46. The predicted octanol–water partition coefficient (Wildman–Crippen LogP) is 1.89. The summed E-state index contributed by atoms with van der Waals surface area (Å²) in [7, 11) is -1.93. The Morgan fingerprint density at radius 3 is 2.52 bits per heavy atom. The van der Waals surface area contributed by atoms with Crippen molar-refractivity contribution in [2.45, 2.75) is 50.8 Å². The fraction of sp³-hybridized carbons (Fsp3) is 0.786. The van der Waals surface area contributed by atoms with Gasteiger partial charge in [0.15, 0.2) is 5.82 Å². The van der Waals surface area contributed by atoms with Crippen molar-refractivity contribution < 1.29 is 8.42 Å². The summed E-state index contributed by atoms with van der Waals surface area (Å²) in [5.74, 6) is 0.616. The van der Waals surface area contributed by atoms with Gasteiger partial charge in [0.25, 0.3) is 0 Å². The second kappa shape index (κ2) is 5.96. The third-order valence-corrected chi connectivity index (χ3v) is 5.67. The second-order valence-electron chi connectivity index (χ2n) is 6.68. The van der Waals surface area contributed by atoms with Crippen LogP contribution in [0.4, 0.5) is 5.82 Å². The lowest BCUT2D eigenvalue weighted by Crippen LogP contribution is -2.37. The van der Waals surface area contributed by atoms with E-state index in [-0.39, 0.29) is 16.1 Å². The first-order valence-corrected chi connectivity index (χ1v) is 9.01. The predicted molar refractivity (Wildman–Crippen MR) is 83.2 cm³/mol. The summed E-state index contributed by atoms with van der Waals surface area (Å²) < 4.78 is 29.0. The first-order chi connectivity index (χ1) is 9.74. The molecule has 21 heavy (non-hydrogen) atoms. The molecule has 1 aliphatic rings. The molecule has 6 nitrogen and oxygen atoms in total. The molecule has 0 atom stereocenters. The Kier molecular flexibility index (Phi) is 4.63. The minimum Gasteiger partial charge on any atom is -0.381 e. The number of nitrogens with one attached hydrogen (secondary N) is 1. The van der Waals surface area contributed by atoms with Crippen LogP contribution in [0.2, 0.25) is 0 Å². The number of aromatic nitrogens is 2. The maximum absolute atomic E-state index is 12.4. The monoisotopic (exact) mass is 314 g/mol. The smallest absolute Gasteiger partial charge is 0.245 e. The van der Waals surface area contributed by atoms with E-state index >= 15 is 0 Å². The maximum atomic E-state index is 12.4. The van der Waals surface area contributed by atoms with Gasteiger partial charge in [0.1, 0.15) is 4.90 Å². The lowest BCUT2D eigenvalue weighted by atomic mass is 9.79. The summed E-state index contributed by atoms with van der Waals surface area (Å²) in [5.41, 5.74) is 5.77. The van der Waals surface area contributed by atoms with Crippen molar-refractivity contribution in [3.8, 4) is 0 Å². The van der Waals surface area contributed by atoms with E-state index in [4.69, 9.17) is 5.73 Å². The van der Waals surface area contributed by atoms with Gasteiger partial charge in [0, 0.05) is 19.8 Å². The van der Waals surface area contributed by atoms with Crippen LogP contribution in [0.15, 0.2) is 11.1 Å². The summed E-state index contributed by atoms with van der Waals surface area (Å²) in [5, 5.41) is 3.90. The Hall–Kier alpha value is -1.08.